The van der Waals surface area contributed by atoms with Crippen LogP contribution in [-0.2, 0) is 4.79 Å². The Hall–Kier alpha value is -2.04. The number of nitrogens with zero attached hydrogens (tertiary/aromatic N) is 1. The van der Waals surface area contributed by atoms with Crippen LogP contribution in [0.5, 0.6) is 11.5 Å². The van der Waals surface area contributed by atoms with Crippen LogP contribution in [0.4, 0.5) is 0 Å². The number of methoxy groups -OCH3 is 2. The number of carbonyl (C=O) groups excluding carboxylic acids is 1. The number of fused-ring (bicyclic) bond motifs is 1. The molecule has 1 aromatic rings. The standard InChI is InChI=1S/C18H24N2O3/c1-18-9-5-4-6-14(18)16(18)17(21)20-19-11-12-7-8-13(22-2)10-15(12)23-3/h7-8,10-11,14,16H,4-6,9H2,1-3H3,(H,20,21)/b19-11-/t14-,16+,18+/m0/s1. The highest BCUT2D eigenvalue weighted by molar-refractivity contribution is 5.87. The van der Waals surface area contributed by atoms with Gasteiger partial charge in [-0.2, -0.15) is 5.10 Å². The van der Waals surface area contributed by atoms with Gasteiger partial charge in [-0.15, -0.1) is 0 Å². The lowest BCUT2D eigenvalue weighted by Gasteiger charge is -2.15. The van der Waals surface area contributed by atoms with E-state index in [0.717, 1.165) is 17.7 Å². The van der Waals surface area contributed by atoms with Gasteiger partial charge in [0.2, 0.25) is 5.91 Å². The van der Waals surface area contributed by atoms with Gasteiger partial charge in [-0.3, -0.25) is 4.79 Å². The van der Waals surface area contributed by atoms with Gasteiger partial charge in [-0.25, -0.2) is 5.43 Å². The fraction of sp³-hybridized carbons (Fsp3) is 0.556. The van der Waals surface area contributed by atoms with E-state index in [2.05, 4.69) is 17.5 Å². The molecule has 3 rings (SSSR count). The van der Waals surface area contributed by atoms with Gasteiger partial charge in [-0.1, -0.05) is 19.8 Å². The minimum absolute atomic E-state index is 0.0446. The van der Waals surface area contributed by atoms with E-state index in [0.29, 0.717) is 11.7 Å². The van der Waals surface area contributed by atoms with Gasteiger partial charge in [0.05, 0.1) is 20.4 Å². The Morgan fingerprint density at radius 3 is 2.83 bits per heavy atom. The Morgan fingerprint density at radius 1 is 1.35 bits per heavy atom. The third kappa shape index (κ3) is 2.92. The van der Waals surface area contributed by atoms with Gasteiger partial charge in [0.25, 0.3) is 0 Å². The monoisotopic (exact) mass is 316 g/mol. The normalized spacial score (nSPS) is 29.0. The van der Waals surface area contributed by atoms with Gasteiger partial charge in [0, 0.05) is 17.5 Å². The maximum Gasteiger partial charge on any atom is 0.244 e. The molecule has 5 nitrogen and oxygen atoms in total. The van der Waals surface area contributed by atoms with Crippen molar-refractivity contribution in [2.45, 2.75) is 32.6 Å². The summed E-state index contributed by atoms with van der Waals surface area (Å²) in [6.45, 7) is 2.23. The molecule has 0 spiro atoms. The van der Waals surface area contributed by atoms with E-state index >= 15 is 0 Å². The molecule has 2 aliphatic carbocycles. The largest absolute Gasteiger partial charge is 0.497 e. The van der Waals surface area contributed by atoms with Crippen LogP contribution in [0, 0.1) is 17.3 Å². The second-order valence-corrected chi connectivity index (χ2v) is 6.68. The molecule has 23 heavy (non-hydrogen) atoms. The van der Waals surface area contributed by atoms with Crippen molar-refractivity contribution in [3.8, 4) is 11.5 Å². The van der Waals surface area contributed by atoms with Crippen molar-refractivity contribution in [2.24, 2.45) is 22.4 Å². The molecule has 0 aromatic heterocycles. The number of benzene rings is 1. The molecule has 2 fully saturated rings. The van der Waals surface area contributed by atoms with Gasteiger partial charge < -0.3 is 9.47 Å². The number of hydrazone groups is 1. The molecule has 0 heterocycles. The molecule has 1 N–H and O–H groups in total. The Bertz CT molecular complexity index is 629. The lowest BCUT2D eigenvalue weighted by molar-refractivity contribution is -0.123. The highest BCUT2D eigenvalue weighted by Gasteiger charge is 2.64. The van der Waals surface area contributed by atoms with Crippen molar-refractivity contribution in [3.05, 3.63) is 23.8 Å². The highest BCUT2D eigenvalue weighted by Crippen LogP contribution is 2.66. The third-order valence-corrected chi connectivity index (χ3v) is 5.43. The molecule has 0 radical (unpaired) electrons. The van der Waals surface area contributed by atoms with E-state index in [-0.39, 0.29) is 17.2 Å². The van der Waals surface area contributed by atoms with Crippen molar-refractivity contribution in [2.75, 3.05) is 14.2 Å². The van der Waals surface area contributed by atoms with Crippen LogP contribution >= 0.6 is 0 Å². The lowest BCUT2D eigenvalue weighted by atomic mass is 9.90. The maximum atomic E-state index is 12.3. The van der Waals surface area contributed by atoms with Gasteiger partial charge >= 0.3 is 0 Å². The van der Waals surface area contributed by atoms with Crippen molar-refractivity contribution in [3.63, 3.8) is 0 Å². The van der Waals surface area contributed by atoms with E-state index in [1.165, 1.54) is 19.3 Å². The van der Waals surface area contributed by atoms with E-state index < -0.39 is 0 Å². The zero-order valence-electron chi connectivity index (χ0n) is 14.0. The molecule has 0 aliphatic heterocycles. The van der Waals surface area contributed by atoms with Crippen molar-refractivity contribution < 1.29 is 14.3 Å². The molecule has 1 amide bonds. The first kappa shape index (κ1) is 15.8. The molecule has 5 heteroatoms. The summed E-state index contributed by atoms with van der Waals surface area (Å²) in [7, 11) is 3.21. The Morgan fingerprint density at radius 2 is 2.17 bits per heavy atom. The fourth-order valence-corrected chi connectivity index (χ4v) is 4.01. The van der Waals surface area contributed by atoms with Crippen molar-refractivity contribution in [1.82, 2.24) is 5.43 Å². The Balaban J connectivity index is 1.62. The summed E-state index contributed by atoms with van der Waals surface area (Å²) in [5.74, 6) is 2.09. The zero-order valence-corrected chi connectivity index (χ0v) is 14.0. The Labute approximate surface area is 137 Å². The molecular weight excluding hydrogens is 292 g/mol. The molecule has 2 saturated carbocycles. The summed E-state index contributed by atoms with van der Waals surface area (Å²) < 4.78 is 10.5. The van der Waals surface area contributed by atoms with Gasteiger partial charge in [0.15, 0.2) is 0 Å². The number of nitrogens with one attached hydrogen (secondary N) is 1. The number of ether oxygens (including phenoxy) is 2. The summed E-state index contributed by atoms with van der Waals surface area (Å²) >= 11 is 0. The molecule has 1 aromatic carbocycles. The second kappa shape index (κ2) is 6.22. The molecule has 0 bridgehead atoms. The average Bonchev–Trinajstić information content (AvgIpc) is 3.20. The highest BCUT2D eigenvalue weighted by atomic mass is 16.5. The van der Waals surface area contributed by atoms with Crippen LogP contribution in [0.25, 0.3) is 0 Å². The van der Waals surface area contributed by atoms with Crippen LogP contribution in [0.1, 0.15) is 38.2 Å². The molecule has 2 aliphatic rings. The first-order valence-corrected chi connectivity index (χ1v) is 8.15. The van der Waals surface area contributed by atoms with Crippen LogP contribution in [-0.4, -0.2) is 26.3 Å². The van der Waals surface area contributed by atoms with E-state index in [1.54, 1.807) is 26.5 Å². The predicted octanol–water partition coefficient (Wildman–Crippen LogP) is 2.98. The summed E-state index contributed by atoms with van der Waals surface area (Å²) in [5, 5.41) is 4.11. The molecule has 0 unspecified atom stereocenters. The van der Waals surface area contributed by atoms with Crippen LogP contribution in [0.15, 0.2) is 23.3 Å². The third-order valence-electron chi connectivity index (χ3n) is 5.43. The number of hydrogen-bond acceptors (Lipinski definition) is 4. The van der Waals surface area contributed by atoms with Crippen LogP contribution in [0.3, 0.4) is 0 Å². The number of rotatable bonds is 5. The summed E-state index contributed by atoms with van der Waals surface area (Å²) in [6, 6.07) is 5.48. The van der Waals surface area contributed by atoms with Crippen LogP contribution in [0.2, 0.25) is 0 Å². The summed E-state index contributed by atoms with van der Waals surface area (Å²) in [5.41, 5.74) is 3.70. The number of carbonyl (C=O) groups is 1. The van der Waals surface area contributed by atoms with Crippen molar-refractivity contribution >= 4 is 12.1 Å². The number of hydrogen-bond donors (Lipinski definition) is 1. The van der Waals surface area contributed by atoms with E-state index in [4.69, 9.17) is 9.47 Å². The number of amides is 1. The molecule has 3 atom stereocenters. The van der Waals surface area contributed by atoms with E-state index in [1.807, 2.05) is 12.1 Å². The predicted molar refractivity (Wildman–Crippen MR) is 88.8 cm³/mol. The van der Waals surface area contributed by atoms with Crippen molar-refractivity contribution in [1.29, 1.82) is 0 Å². The topological polar surface area (TPSA) is 59.9 Å². The minimum Gasteiger partial charge on any atom is -0.497 e. The summed E-state index contributed by atoms with van der Waals surface area (Å²) in [4.78, 5) is 12.3. The minimum atomic E-state index is 0.0446. The molecule has 124 valence electrons. The Kier molecular flexibility index (Phi) is 4.28. The lowest BCUT2D eigenvalue weighted by Crippen LogP contribution is -2.22. The van der Waals surface area contributed by atoms with Gasteiger partial charge in [-0.05, 0) is 36.3 Å². The second-order valence-electron chi connectivity index (χ2n) is 6.68. The molecular formula is C18H24N2O3. The quantitative estimate of drug-likeness (QED) is 0.671. The van der Waals surface area contributed by atoms with Crippen LogP contribution < -0.4 is 14.9 Å². The first-order chi connectivity index (χ1) is 11.1. The smallest absolute Gasteiger partial charge is 0.244 e. The summed E-state index contributed by atoms with van der Waals surface area (Å²) in [6.07, 6.45) is 6.43. The zero-order chi connectivity index (χ0) is 16.4. The fourth-order valence-electron chi connectivity index (χ4n) is 4.01. The van der Waals surface area contributed by atoms with Gasteiger partial charge in [0.1, 0.15) is 11.5 Å². The maximum absolute atomic E-state index is 12.3. The van der Waals surface area contributed by atoms with E-state index in [9.17, 15) is 4.79 Å². The SMILES string of the molecule is COc1ccc(/C=N\NC(=O)[C@H]2[C@@H]3CCCC[C@]32C)c(OC)c1. The molecule has 0 saturated heterocycles. The first-order valence-electron chi connectivity index (χ1n) is 8.15. The average molecular weight is 316 g/mol.